The molecule has 0 bridgehead atoms. The maximum Gasteiger partial charge on any atom is 0.0369 e. The molecule has 0 amide bonds. The van der Waals surface area contributed by atoms with Gasteiger partial charge in [0.25, 0.3) is 0 Å². The lowest BCUT2D eigenvalue weighted by Crippen LogP contribution is -2.33. The largest absolute Gasteiger partial charge is 0.385 e. The first-order valence-corrected chi connectivity index (χ1v) is 6.47. The fraction of sp³-hybridized carbons (Fsp3) is 0.600. The second kappa shape index (κ2) is 8.20. The van der Waals surface area contributed by atoms with E-state index in [4.69, 9.17) is 0 Å². The highest BCUT2D eigenvalue weighted by atomic mass is 14.9. The lowest BCUT2D eigenvalue weighted by atomic mass is 9.80. The molecular weight excluding hydrogens is 194 g/mol. The lowest BCUT2D eigenvalue weighted by Gasteiger charge is -2.32. The zero-order valence-electron chi connectivity index (χ0n) is 11.3. The van der Waals surface area contributed by atoms with E-state index in [2.05, 4.69) is 32.3 Å². The van der Waals surface area contributed by atoms with Crippen LogP contribution in [0.1, 0.15) is 40.5 Å². The molecule has 1 heteroatoms. The monoisotopic (exact) mass is 221 g/mol. The second-order valence-electron chi connectivity index (χ2n) is 4.03. The molecule has 0 spiro atoms. The average molecular weight is 221 g/mol. The van der Waals surface area contributed by atoms with E-state index in [1.54, 1.807) is 0 Å². The highest BCUT2D eigenvalue weighted by Gasteiger charge is 2.25. The Balaban J connectivity index is 0.00000106. The molecule has 0 radical (unpaired) electrons. The van der Waals surface area contributed by atoms with Crippen LogP contribution >= 0.6 is 0 Å². The van der Waals surface area contributed by atoms with Gasteiger partial charge in [0.2, 0.25) is 0 Å². The van der Waals surface area contributed by atoms with Crippen molar-refractivity contribution in [2.24, 2.45) is 11.8 Å². The van der Waals surface area contributed by atoms with E-state index in [1.807, 2.05) is 26.0 Å². The van der Waals surface area contributed by atoms with Gasteiger partial charge in [-0.05, 0) is 29.9 Å². The van der Waals surface area contributed by atoms with Crippen LogP contribution < -0.4 is 5.32 Å². The van der Waals surface area contributed by atoms with E-state index in [0.29, 0.717) is 11.8 Å². The minimum atomic E-state index is 0.659. The van der Waals surface area contributed by atoms with Crippen LogP contribution in [-0.2, 0) is 0 Å². The molecule has 1 rings (SSSR count). The molecule has 92 valence electrons. The number of hydrogen-bond donors (Lipinski definition) is 1. The van der Waals surface area contributed by atoms with Gasteiger partial charge in [-0.3, -0.25) is 0 Å². The molecule has 1 aliphatic rings. The molecule has 1 nitrogen and oxygen atoms in total. The third-order valence-electron chi connectivity index (χ3n) is 3.04. The molecule has 1 heterocycles. The standard InChI is InChI=1S/C13H21N.C2H6/c1-5-8-12-10(4)9-14-13(7-3)11(12)6-2;1-2/h6-7,10,12,14H,2-3,5,8-9H2,1,4H3;1-2H3. The molecule has 0 fully saturated rings. The van der Waals surface area contributed by atoms with E-state index >= 15 is 0 Å². The van der Waals surface area contributed by atoms with Gasteiger partial charge in [-0.25, -0.2) is 0 Å². The van der Waals surface area contributed by atoms with E-state index in [0.717, 1.165) is 6.54 Å². The Morgan fingerprint density at radius 2 is 1.94 bits per heavy atom. The molecule has 0 aromatic carbocycles. The summed E-state index contributed by atoms with van der Waals surface area (Å²) in [5.74, 6) is 1.36. The molecular formula is C15H27N. The number of hydrogen-bond acceptors (Lipinski definition) is 1. The van der Waals surface area contributed by atoms with Crippen LogP contribution in [0.25, 0.3) is 0 Å². The van der Waals surface area contributed by atoms with Crippen molar-refractivity contribution in [3.8, 4) is 0 Å². The van der Waals surface area contributed by atoms with Gasteiger partial charge in [0.05, 0.1) is 0 Å². The molecule has 16 heavy (non-hydrogen) atoms. The highest BCUT2D eigenvalue weighted by molar-refractivity contribution is 5.34. The third-order valence-corrected chi connectivity index (χ3v) is 3.04. The zero-order valence-corrected chi connectivity index (χ0v) is 11.3. The van der Waals surface area contributed by atoms with Gasteiger partial charge in [-0.15, -0.1) is 0 Å². The Labute approximate surface area is 101 Å². The summed E-state index contributed by atoms with van der Waals surface area (Å²) < 4.78 is 0. The Kier molecular flexibility index (Phi) is 7.70. The quantitative estimate of drug-likeness (QED) is 0.746. The van der Waals surface area contributed by atoms with E-state index in [9.17, 15) is 0 Å². The Morgan fingerprint density at radius 3 is 2.38 bits per heavy atom. The van der Waals surface area contributed by atoms with Gasteiger partial charge in [-0.2, -0.15) is 0 Å². The molecule has 0 aromatic rings. The van der Waals surface area contributed by atoms with Gasteiger partial charge >= 0.3 is 0 Å². The van der Waals surface area contributed by atoms with Crippen LogP contribution in [0.2, 0.25) is 0 Å². The minimum absolute atomic E-state index is 0.659. The summed E-state index contributed by atoms with van der Waals surface area (Å²) in [4.78, 5) is 0. The Hall–Kier alpha value is -0.980. The Bertz CT molecular complexity index is 250. The number of rotatable bonds is 4. The Morgan fingerprint density at radius 1 is 1.31 bits per heavy atom. The summed E-state index contributed by atoms with van der Waals surface area (Å²) in [6.07, 6.45) is 6.38. The van der Waals surface area contributed by atoms with Gasteiger partial charge in [0.15, 0.2) is 0 Å². The summed E-state index contributed by atoms with van der Waals surface area (Å²) in [6.45, 7) is 17.3. The average Bonchev–Trinajstić information content (AvgIpc) is 2.34. The van der Waals surface area contributed by atoms with Crippen molar-refractivity contribution in [3.05, 3.63) is 36.6 Å². The number of nitrogens with one attached hydrogen (secondary N) is 1. The van der Waals surface area contributed by atoms with Gasteiger partial charge in [0.1, 0.15) is 0 Å². The van der Waals surface area contributed by atoms with Crippen LogP contribution in [0.4, 0.5) is 0 Å². The lowest BCUT2D eigenvalue weighted by molar-refractivity contribution is 0.355. The van der Waals surface area contributed by atoms with Crippen LogP contribution in [0.3, 0.4) is 0 Å². The topological polar surface area (TPSA) is 12.0 Å². The summed E-state index contributed by atoms with van der Waals surface area (Å²) in [5.41, 5.74) is 2.53. The molecule has 0 aromatic heterocycles. The maximum absolute atomic E-state index is 3.90. The SMILES string of the molecule is C=CC1=C(C=C)C(CCC)C(C)CN1.CC. The fourth-order valence-corrected chi connectivity index (χ4v) is 2.22. The molecule has 0 saturated heterocycles. The highest BCUT2D eigenvalue weighted by Crippen LogP contribution is 2.31. The zero-order chi connectivity index (χ0) is 12.6. The van der Waals surface area contributed by atoms with E-state index in [-0.39, 0.29) is 0 Å². The normalized spacial score (nSPS) is 24.0. The molecule has 2 atom stereocenters. The summed E-state index contributed by atoms with van der Waals surface area (Å²) in [6, 6.07) is 0. The minimum Gasteiger partial charge on any atom is -0.385 e. The van der Waals surface area contributed by atoms with Crippen molar-refractivity contribution in [1.82, 2.24) is 5.32 Å². The van der Waals surface area contributed by atoms with Crippen LogP contribution in [0.5, 0.6) is 0 Å². The molecule has 1 N–H and O–H groups in total. The first-order valence-electron chi connectivity index (χ1n) is 6.47. The first-order chi connectivity index (χ1) is 7.74. The van der Waals surface area contributed by atoms with Crippen LogP contribution in [0.15, 0.2) is 36.6 Å². The first kappa shape index (κ1) is 15.0. The van der Waals surface area contributed by atoms with Gasteiger partial charge < -0.3 is 5.32 Å². The fourth-order valence-electron chi connectivity index (χ4n) is 2.22. The molecule has 0 aliphatic carbocycles. The smallest absolute Gasteiger partial charge is 0.0369 e. The van der Waals surface area contributed by atoms with Crippen molar-refractivity contribution < 1.29 is 0 Å². The van der Waals surface area contributed by atoms with Crippen LogP contribution in [-0.4, -0.2) is 6.54 Å². The van der Waals surface area contributed by atoms with E-state index in [1.165, 1.54) is 24.1 Å². The van der Waals surface area contributed by atoms with Gasteiger partial charge in [0, 0.05) is 12.2 Å². The van der Waals surface area contributed by atoms with Crippen molar-refractivity contribution in [2.75, 3.05) is 6.54 Å². The molecule has 1 aliphatic heterocycles. The van der Waals surface area contributed by atoms with Crippen molar-refractivity contribution >= 4 is 0 Å². The van der Waals surface area contributed by atoms with Crippen molar-refractivity contribution in [1.29, 1.82) is 0 Å². The second-order valence-corrected chi connectivity index (χ2v) is 4.03. The molecule has 0 saturated carbocycles. The summed E-state index contributed by atoms with van der Waals surface area (Å²) in [5, 5.41) is 3.40. The van der Waals surface area contributed by atoms with Crippen molar-refractivity contribution in [2.45, 2.75) is 40.5 Å². The summed E-state index contributed by atoms with van der Waals surface area (Å²) >= 11 is 0. The summed E-state index contributed by atoms with van der Waals surface area (Å²) in [7, 11) is 0. The molecule has 2 unspecified atom stereocenters. The predicted molar refractivity (Wildman–Crippen MR) is 74.3 cm³/mol. The maximum atomic E-state index is 3.90. The van der Waals surface area contributed by atoms with Crippen LogP contribution in [0, 0.1) is 11.8 Å². The third kappa shape index (κ3) is 3.55. The predicted octanol–water partition coefficient (Wildman–Crippen LogP) is 4.29. The number of allylic oxidation sites excluding steroid dienone is 3. The van der Waals surface area contributed by atoms with E-state index < -0.39 is 0 Å². The van der Waals surface area contributed by atoms with Crippen molar-refractivity contribution in [3.63, 3.8) is 0 Å². The van der Waals surface area contributed by atoms with Gasteiger partial charge in [-0.1, -0.05) is 53.3 Å².